The van der Waals surface area contributed by atoms with E-state index in [1.807, 2.05) is 36.4 Å². The molecular weight excluding hydrogens is 380 g/mol. The molecule has 0 saturated carbocycles. The molecule has 0 unspecified atom stereocenters. The SMILES string of the molecule is COc1ccccc1OCc1ccc(C(=O)NCCCn2ccc3ccccc32)o1. The van der Waals surface area contributed by atoms with Crippen molar-refractivity contribution in [1.29, 1.82) is 0 Å². The molecule has 6 nitrogen and oxygen atoms in total. The molecular formula is C24H24N2O4. The number of methoxy groups -OCH3 is 1. The molecule has 0 aliphatic heterocycles. The van der Waals surface area contributed by atoms with Gasteiger partial charge in [0, 0.05) is 24.8 Å². The Kier molecular flexibility index (Phi) is 6.03. The Morgan fingerprint density at radius 1 is 1.00 bits per heavy atom. The molecule has 0 radical (unpaired) electrons. The van der Waals surface area contributed by atoms with Crippen LogP contribution >= 0.6 is 0 Å². The van der Waals surface area contributed by atoms with Crippen LogP contribution in [-0.4, -0.2) is 24.1 Å². The van der Waals surface area contributed by atoms with Gasteiger partial charge in [-0.15, -0.1) is 0 Å². The van der Waals surface area contributed by atoms with Crippen LogP contribution in [0, 0.1) is 0 Å². The van der Waals surface area contributed by atoms with E-state index in [4.69, 9.17) is 13.9 Å². The van der Waals surface area contributed by atoms with E-state index < -0.39 is 0 Å². The van der Waals surface area contributed by atoms with E-state index in [1.54, 1.807) is 19.2 Å². The minimum Gasteiger partial charge on any atom is -0.493 e. The Bertz CT molecular complexity index is 1130. The summed E-state index contributed by atoms with van der Waals surface area (Å²) >= 11 is 0. The molecule has 6 heteroatoms. The molecule has 0 atom stereocenters. The Morgan fingerprint density at radius 3 is 2.67 bits per heavy atom. The van der Waals surface area contributed by atoms with Gasteiger partial charge in [0.1, 0.15) is 12.4 Å². The van der Waals surface area contributed by atoms with Crippen molar-refractivity contribution in [3.8, 4) is 11.5 Å². The fourth-order valence-electron chi connectivity index (χ4n) is 3.34. The van der Waals surface area contributed by atoms with Crippen molar-refractivity contribution < 1.29 is 18.7 Å². The summed E-state index contributed by atoms with van der Waals surface area (Å²) in [5, 5.41) is 4.13. The Hall–Kier alpha value is -3.67. The second-order valence-corrected chi connectivity index (χ2v) is 6.88. The van der Waals surface area contributed by atoms with Crippen LogP contribution in [0.3, 0.4) is 0 Å². The summed E-state index contributed by atoms with van der Waals surface area (Å²) in [6, 6.07) is 21.2. The van der Waals surface area contributed by atoms with Crippen LogP contribution in [0.5, 0.6) is 11.5 Å². The van der Waals surface area contributed by atoms with Crippen molar-refractivity contribution in [2.24, 2.45) is 0 Å². The zero-order chi connectivity index (χ0) is 20.8. The van der Waals surface area contributed by atoms with Gasteiger partial charge in [0.2, 0.25) is 0 Å². The normalized spacial score (nSPS) is 10.8. The number of hydrogen-bond acceptors (Lipinski definition) is 4. The maximum atomic E-state index is 12.3. The number of nitrogens with zero attached hydrogens (tertiary/aromatic N) is 1. The molecule has 2 aromatic heterocycles. The highest BCUT2D eigenvalue weighted by Gasteiger charge is 2.12. The largest absolute Gasteiger partial charge is 0.493 e. The average Bonchev–Trinajstić information content (AvgIpc) is 3.43. The summed E-state index contributed by atoms with van der Waals surface area (Å²) in [6.07, 6.45) is 2.90. The van der Waals surface area contributed by atoms with E-state index >= 15 is 0 Å². The quantitative estimate of drug-likeness (QED) is 0.413. The van der Waals surface area contributed by atoms with Gasteiger partial charge in [0.05, 0.1) is 7.11 Å². The lowest BCUT2D eigenvalue weighted by atomic mass is 10.2. The van der Waals surface area contributed by atoms with E-state index in [1.165, 1.54) is 10.9 Å². The molecule has 0 aliphatic carbocycles. The molecule has 0 saturated heterocycles. The monoisotopic (exact) mass is 404 g/mol. The number of nitrogens with one attached hydrogen (secondary N) is 1. The van der Waals surface area contributed by atoms with Crippen LogP contribution in [0.1, 0.15) is 22.7 Å². The van der Waals surface area contributed by atoms with Crippen molar-refractivity contribution in [3.63, 3.8) is 0 Å². The molecule has 0 spiro atoms. The van der Waals surface area contributed by atoms with E-state index in [2.05, 4.69) is 34.3 Å². The van der Waals surface area contributed by atoms with Crippen molar-refractivity contribution in [2.45, 2.75) is 19.6 Å². The van der Waals surface area contributed by atoms with Gasteiger partial charge in [-0.05, 0) is 48.2 Å². The van der Waals surface area contributed by atoms with Crippen LogP contribution < -0.4 is 14.8 Å². The number of aryl methyl sites for hydroxylation is 1. The number of amides is 1. The maximum Gasteiger partial charge on any atom is 0.286 e. The fraction of sp³-hybridized carbons (Fsp3) is 0.208. The molecule has 4 rings (SSSR count). The van der Waals surface area contributed by atoms with Crippen LogP contribution in [0.4, 0.5) is 0 Å². The molecule has 0 bridgehead atoms. The minimum atomic E-state index is -0.226. The van der Waals surface area contributed by atoms with Gasteiger partial charge in [-0.1, -0.05) is 30.3 Å². The Balaban J connectivity index is 1.25. The predicted molar refractivity (Wildman–Crippen MR) is 115 cm³/mol. The molecule has 2 aromatic carbocycles. The summed E-state index contributed by atoms with van der Waals surface area (Å²) in [4.78, 5) is 12.3. The summed E-state index contributed by atoms with van der Waals surface area (Å²) in [5.74, 6) is 1.90. The fourth-order valence-corrected chi connectivity index (χ4v) is 3.34. The number of ether oxygens (including phenoxy) is 2. The third-order valence-corrected chi connectivity index (χ3v) is 4.87. The first-order valence-electron chi connectivity index (χ1n) is 9.91. The topological polar surface area (TPSA) is 65.6 Å². The molecule has 2 heterocycles. The van der Waals surface area contributed by atoms with Gasteiger partial charge in [-0.25, -0.2) is 0 Å². The standard InChI is InChI=1S/C24H24N2O4/c1-28-21-9-4-5-10-22(21)29-17-19-11-12-23(30-19)24(27)25-14-6-15-26-16-13-18-7-2-3-8-20(18)26/h2-5,7-13,16H,6,14-15,17H2,1H3,(H,25,27). The number of rotatable bonds is 9. The van der Waals surface area contributed by atoms with Gasteiger partial charge in [0.15, 0.2) is 17.3 Å². The summed E-state index contributed by atoms with van der Waals surface area (Å²) in [5.41, 5.74) is 1.20. The number of fused-ring (bicyclic) bond motifs is 1. The van der Waals surface area contributed by atoms with E-state index in [-0.39, 0.29) is 18.3 Å². The first-order valence-corrected chi connectivity index (χ1v) is 9.91. The van der Waals surface area contributed by atoms with Gasteiger partial charge in [0.25, 0.3) is 5.91 Å². The lowest BCUT2D eigenvalue weighted by molar-refractivity contribution is 0.0921. The van der Waals surface area contributed by atoms with Gasteiger partial charge >= 0.3 is 0 Å². The van der Waals surface area contributed by atoms with Crippen molar-refractivity contribution in [3.05, 3.63) is 84.4 Å². The van der Waals surface area contributed by atoms with E-state index in [0.717, 1.165) is 13.0 Å². The van der Waals surface area contributed by atoms with Crippen molar-refractivity contribution in [2.75, 3.05) is 13.7 Å². The average molecular weight is 404 g/mol. The van der Waals surface area contributed by atoms with Crippen LogP contribution in [0.15, 0.2) is 77.3 Å². The molecule has 4 aromatic rings. The number of carbonyl (C=O) groups is 1. The number of aromatic nitrogens is 1. The molecule has 1 amide bonds. The van der Waals surface area contributed by atoms with Crippen molar-refractivity contribution in [1.82, 2.24) is 9.88 Å². The number of carbonyl (C=O) groups excluding carboxylic acids is 1. The second-order valence-electron chi connectivity index (χ2n) is 6.88. The number of benzene rings is 2. The highest BCUT2D eigenvalue weighted by molar-refractivity contribution is 5.91. The summed E-state index contributed by atoms with van der Waals surface area (Å²) in [7, 11) is 1.59. The van der Waals surface area contributed by atoms with Crippen LogP contribution in [0.2, 0.25) is 0 Å². The smallest absolute Gasteiger partial charge is 0.286 e. The number of para-hydroxylation sites is 3. The lowest BCUT2D eigenvalue weighted by Gasteiger charge is -2.09. The third kappa shape index (κ3) is 4.49. The van der Waals surface area contributed by atoms with Gasteiger partial charge < -0.3 is 23.8 Å². The maximum absolute atomic E-state index is 12.3. The molecule has 0 fully saturated rings. The van der Waals surface area contributed by atoms with Crippen LogP contribution in [-0.2, 0) is 13.2 Å². The van der Waals surface area contributed by atoms with E-state index in [0.29, 0.717) is 23.8 Å². The second kappa shape index (κ2) is 9.22. The predicted octanol–water partition coefficient (Wildman–Crippen LogP) is 4.64. The van der Waals surface area contributed by atoms with Gasteiger partial charge in [-0.2, -0.15) is 0 Å². The zero-order valence-corrected chi connectivity index (χ0v) is 16.8. The highest BCUT2D eigenvalue weighted by atomic mass is 16.5. The highest BCUT2D eigenvalue weighted by Crippen LogP contribution is 2.26. The zero-order valence-electron chi connectivity index (χ0n) is 16.8. The molecule has 1 N–H and O–H groups in total. The minimum absolute atomic E-state index is 0.217. The van der Waals surface area contributed by atoms with Crippen molar-refractivity contribution >= 4 is 16.8 Å². The summed E-state index contributed by atoms with van der Waals surface area (Å²) in [6.45, 7) is 1.62. The summed E-state index contributed by atoms with van der Waals surface area (Å²) < 4.78 is 18.8. The molecule has 30 heavy (non-hydrogen) atoms. The Labute approximate surface area is 175 Å². The Morgan fingerprint density at radius 2 is 1.80 bits per heavy atom. The van der Waals surface area contributed by atoms with Gasteiger partial charge in [-0.3, -0.25) is 4.79 Å². The molecule has 154 valence electrons. The first-order chi connectivity index (χ1) is 14.7. The number of hydrogen-bond donors (Lipinski definition) is 1. The first kappa shape index (κ1) is 19.6. The van der Waals surface area contributed by atoms with Crippen LogP contribution in [0.25, 0.3) is 10.9 Å². The lowest BCUT2D eigenvalue weighted by Crippen LogP contribution is -2.24. The third-order valence-electron chi connectivity index (χ3n) is 4.87. The molecule has 0 aliphatic rings. The van der Waals surface area contributed by atoms with E-state index in [9.17, 15) is 4.79 Å². The number of furan rings is 1.